The van der Waals surface area contributed by atoms with Crippen molar-refractivity contribution >= 4 is 23.2 Å². The van der Waals surface area contributed by atoms with Crippen LogP contribution in [0, 0.1) is 6.20 Å². The van der Waals surface area contributed by atoms with Gasteiger partial charge in [0, 0.05) is 12.1 Å². The minimum atomic E-state index is 0.382. The number of hydrogen-bond acceptors (Lipinski definition) is 3. The molecule has 15 heavy (non-hydrogen) atoms. The lowest BCUT2D eigenvalue weighted by atomic mass is 10.3. The van der Waals surface area contributed by atoms with Gasteiger partial charge < -0.3 is 4.74 Å². The van der Waals surface area contributed by atoms with Crippen LogP contribution in [0.1, 0.15) is 0 Å². The first-order valence-corrected chi connectivity index (χ1v) is 4.84. The first-order chi connectivity index (χ1) is 7.25. The van der Waals surface area contributed by atoms with Crippen molar-refractivity contribution in [3.8, 4) is 11.6 Å². The van der Waals surface area contributed by atoms with Gasteiger partial charge in [0.15, 0.2) is 0 Å². The second kappa shape index (κ2) is 4.47. The molecule has 75 valence electrons. The molecular weight excluding hydrogens is 235 g/mol. The van der Waals surface area contributed by atoms with Gasteiger partial charge in [-0.15, -0.1) is 10.2 Å². The highest BCUT2D eigenvalue weighted by Crippen LogP contribution is 2.28. The fraction of sp³-hybridized carbons (Fsp3) is 0. The van der Waals surface area contributed by atoms with Crippen molar-refractivity contribution < 1.29 is 4.74 Å². The van der Waals surface area contributed by atoms with Crippen molar-refractivity contribution in [2.24, 2.45) is 0 Å². The van der Waals surface area contributed by atoms with Gasteiger partial charge in [-0.3, -0.25) is 0 Å². The van der Waals surface area contributed by atoms with Crippen LogP contribution in [0.2, 0.25) is 10.0 Å². The first-order valence-electron chi connectivity index (χ1n) is 4.08. The summed E-state index contributed by atoms with van der Waals surface area (Å²) in [6.07, 6.45) is 2.55. The van der Waals surface area contributed by atoms with Gasteiger partial charge in [-0.25, -0.2) is 0 Å². The molecule has 1 heterocycles. The van der Waals surface area contributed by atoms with E-state index in [4.69, 9.17) is 27.9 Å². The van der Waals surface area contributed by atoms with Crippen molar-refractivity contribution in [1.29, 1.82) is 0 Å². The fourth-order valence-electron chi connectivity index (χ4n) is 0.969. The van der Waals surface area contributed by atoms with Gasteiger partial charge >= 0.3 is 0 Å². The van der Waals surface area contributed by atoms with Crippen molar-refractivity contribution in [1.82, 2.24) is 10.2 Å². The molecule has 5 heteroatoms. The molecule has 1 aromatic carbocycles. The molecule has 1 aromatic heterocycles. The zero-order chi connectivity index (χ0) is 10.7. The van der Waals surface area contributed by atoms with Crippen LogP contribution in [-0.4, -0.2) is 10.2 Å². The molecule has 3 nitrogen and oxygen atoms in total. The Kier molecular flexibility index (Phi) is 3.04. The minimum absolute atomic E-state index is 0.382. The Morgan fingerprint density at radius 2 is 2.00 bits per heavy atom. The summed E-state index contributed by atoms with van der Waals surface area (Å²) in [5.41, 5.74) is 0. The normalized spacial score (nSPS) is 10.0. The molecule has 0 unspecified atom stereocenters. The minimum Gasteiger partial charge on any atom is -0.437 e. The highest BCUT2D eigenvalue weighted by atomic mass is 35.5. The summed E-state index contributed by atoms with van der Waals surface area (Å²) in [6.45, 7) is 0. The van der Waals surface area contributed by atoms with Gasteiger partial charge in [-0.1, -0.05) is 23.2 Å². The average molecular weight is 240 g/mol. The van der Waals surface area contributed by atoms with Gasteiger partial charge in [-0.2, -0.15) is 0 Å². The van der Waals surface area contributed by atoms with Crippen molar-refractivity contribution in [3.63, 3.8) is 0 Å². The molecule has 1 radical (unpaired) electrons. The number of aromatic nitrogens is 2. The van der Waals surface area contributed by atoms with E-state index in [0.29, 0.717) is 21.7 Å². The Morgan fingerprint density at radius 3 is 2.67 bits per heavy atom. The second-order valence-corrected chi connectivity index (χ2v) is 3.49. The van der Waals surface area contributed by atoms with Gasteiger partial charge in [0.25, 0.3) is 0 Å². The van der Waals surface area contributed by atoms with E-state index in [2.05, 4.69) is 16.4 Å². The first kappa shape index (κ1) is 10.2. The van der Waals surface area contributed by atoms with E-state index < -0.39 is 0 Å². The largest absolute Gasteiger partial charge is 0.437 e. The molecule has 0 aliphatic rings. The highest BCUT2D eigenvalue weighted by molar-refractivity contribution is 6.42. The van der Waals surface area contributed by atoms with Crippen LogP contribution in [-0.2, 0) is 0 Å². The predicted octanol–water partition coefficient (Wildman–Crippen LogP) is 3.38. The third-order valence-corrected chi connectivity index (χ3v) is 2.36. The maximum Gasteiger partial charge on any atom is 0.238 e. The second-order valence-electron chi connectivity index (χ2n) is 2.68. The van der Waals surface area contributed by atoms with Crippen LogP contribution in [0.4, 0.5) is 0 Å². The number of halogens is 2. The summed E-state index contributed by atoms with van der Waals surface area (Å²) in [4.78, 5) is 0. The highest BCUT2D eigenvalue weighted by Gasteiger charge is 2.02. The zero-order valence-corrected chi connectivity index (χ0v) is 8.96. The van der Waals surface area contributed by atoms with Gasteiger partial charge in [0.2, 0.25) is 5.88 Å². The molecule has 0 amide bonds. The van der Waals surface area contributed by atoms with Crippen LogP contribution in [0.5, 0.6) is 11.6 Å². The third kappa shape index (κ3) is 2.58. The molecule has 2 rings (SSSR count). The number of nitrogens with zero attached hydrogens (tertiary/aromatic N) is 2. The van der Waals surface area contributed by atoms with E-state index in [0.717, 1.165) is 0 Å². The van der Waals surface area contributed by atoms with E-state index in [1.807, 2.05) is 0 Å². The van der Waals surface area contributed by atoms with Gasteiger partial charge in [-0.05, 0) is 18.2 Å². The van der Waals surface area contributed by atoms with Gasteiger partial charge in [0.05, 0.1) is 10.0 Å². The van der Waals surface area contributed by atoms with E-state index in [9.17, 15) is 0 Å². The number of hydrogen-bond donors (Lipinski definition) is 0. The monoisotopic (exact) mass is 239 g/mol. The van der Waals surface area contributed by atoms with Crippen LogP contribution in [0.25, 0.3) is 0 Å². The Morgan fingerprint density at radius 1 is 1.13 bits per heavy atom. The number of ether oxygens (including phenoxy) is 1. The average Bonchev–Trinajstić information content (AvgIpc) is 2.25. The Balaban J connectivity index is 2.22. The van der Waals surface area contributed by atoms with Crippen LogP contribution >= 0.6 is 23.2 Å². The lowest BCUT2D eigenvalue weighted by Crippen LogP contribution is -1.89. The molecule has 0 aliphatic heterocycles. The summed E-state index contributed by atoms with van der Waals surface area (Å²) in [7, 11) is 0. The molecular formula is C10H5Cl2N2O. The Bertz CT molecular complexity index is 462. The topological polar surface area (TPSA) is 35.0 Å². The molecule has 0 spiro atoms. The molecule has 0 saturated carbocycles. The van der Waals surface area contributed by atoms with Gasteiger partial charge in [0.1, 0.15) is 11.9 Å². The maximum atomic E-state index is 5.83. The molecule has 0 N–H and O–H groups in total. The molecule has 0 atom stereocenters. The number of rotatable bonds is 2. The molecule has 0 saturated heterocycles. The van der Waals surface area contributed by atoms with Crippen LogP contribution in [0.15, 0.2) is 30.3 Å². The Hall–Kier alpha value is -1.32. The van der Waals surface area contributed by atoms with Crippen molar-refractivity contribution in [3.05, 3.63) is 46.6 Å². The lowest BCUT2D eigenvalue weighted by Gasteiger charge is -2.04. The van der Waals surface area contributed by atoms with Crippen molar-refractivity contribution in [2.75, 3.05) is 0 Å². The van der Waals surface area contributed by atoms with E-state index >= 15 is 0 Å². The molecule has 2 aromatic rings. The predicted molar refractivity (Wildman–Crippen MR) is 57.4 cm³/mol. The number of benzene rings is 1. The summed E-state index contributed by atoms with van der Waals surface area (Å²) in [6, 6.07) is 8.23. The summed E-state index contributed by atoms with van der Waals surface area (Å²) < 4.78 is 5.38. The summed E-state index contributed by atoms with van der Waals surface area (Å²) in [5.74, 6) is 0.942. The molecule has 0 aliphatic carbocycles. The van der Waals surface area contributed by atoms with Crippen LogP contribution in [0.3, 0.4) is 0 Å². The van der Waals surface area contributed by atoms with E-state index in [1.165, 1.54) is 0 Å². The van der Waals surface area contributed by atoms with E-state index in [1.54, 1.807) is 30.3 Å². The zero-order valence-electron chi connectivity index (χ0n) is 7.45. The quantitative estimate of drug-likeness (QED) is 0.806. The molecule has 0 bridgehead atoms. The van der Waals surface area contributed by atoms with Crippen LogP contribution < -0.4 is 4.74 Å². The summed E-state index contributed by atoms with van der Waals surface area (Å²) in [5, 5.41) is 8.20. The smallest absolute Gasteiger partial charge is 0.238 e. The molecule has 0 fully saturated rings. The Labute approximate surface area is 96.6 Å². The fourth-order valence-corrected chi connectivity index (χ4v) is 1.26. The van der Waals surface area contributed by atoms with Crippen molar-refractivity contribution in [2.45, 2.75) is 0 Å². The summed E-state index contributed by atoms with van der Waals surface area (Å²) >= 11 is 11.6. The van der Waals surface area contributed by atoms with E-state index in [-0.39, 0.29) is 0 Å². The SMILES string of the molecule is Clc1ccc(Oc2cc[c]nn2)cc1Cl. The lowest BCUT2D eigenvalue weighted by molar-refractivity contribution is 0.455. The standard InChI is InChI=1S/C10H5Cl2N2O/c11-8-4-3-7(6-9(8)12)15-10-2-1-5-13-14-10/h1-4,6H. The third-order valence-electron chi connectivity index (χ3n) is 1.62. The maximum absolute atomic E-state index is 5.83.